The zero-order valence-corrected chi connectivity index (χ0v) is 13.7. The van der Waals surface area contributed by atoms with Gasteiger partial charge in [0.25, 0.3) is 0 Å². The maximum atomic E-state index is 12.1. The maximum absolute atomic E-state index is 12.1. The average Bonchev–Trinajstić information content (AvgIpc) is 3.16. The number of hydrogen-bond donors (Lipinski definition) is 2. The van der Waals surface area contributed by atoms with E-state index < -0.39 is 0 Å². The van der Waals surface area contributed by atoms with Crippen LogP contribution in [0.3, 0.4) is 0 Å². The minimum absolute atomic E-state index is 0.0637. The minimum Gasteiger partial charge on any atom is -0.441 e. The molecule has 23 heavy (non-hydrogen) atoms. The van der Waals surface area contributed by atoms with E-state index in [1.54, 1.807) is 0 Å². The van der Waals surface area contributed by atoms with Gasteiger partial charge in [-0.15, -0.1) is 0 Å². The van der Waals surface area contributed by atoms with Crippen molar-refractivity contribution in [1.82, 2.24) is 10.3 Å². The first-order valence-electron chi connectivity index (χ1n) is 8.17. The van der Waals surface area contributed by atoms with E-state index in [-0.39, 0.29) is 5.91 Å². The van der Waals surface area contributed by atoms with Gasteiger partial charge in [0.1, 0.15) is 5.76 Å². The van der Waals surface area contributed by atoms with Gasteiger partial charge in [-0.1, -0.05) is 6.07 Å². The molecular weight excluding hydrogens is 290 g/mol. The van der Waals surface area contributed by atoms with E-state index in [1.807, 2.05) is 38.1 Å². The van der Waals surface area contributed by atoms with Gasteiger partial charge in [-0.25, -0.2) is 4.98 Å². The van der Waals surface area contributed by atoms with Gasteiger partial charge in [0, 0.05) is 17.7 Å². The molecule has 122 valence electrons. The van der Waals surface area contributed by atoms with E-state index in [4.69, 9.17) is 4.42 Å². The van der Waals surface area contributed by atoms with Gasteiger partial charge in [-0.3, -0.25) is 4.79 Å². The molecule has 0 radical (unpaired) electrons. The lowest BCUT2D eigenvalue weighted by atomic mass is 10.0. The summed E-state index contributed by atoms with van der Waals surface area (Å²) in [6.07, 6.45) is 2.68. The van der Waals surface area contributed by atoms with Crippen LogP contribution in [0.2, 0.25) is 0 Å². The number of amides is 1. The van der Waals surface area contributed by atoms with Crippen molar-refractivity contribution < 1.29 is 9.21 Å². The van der Waals surface area contributed by atoms with E-state index in [0.717, 1.165) is 42.2 Å². The van der Waals surface area contributed by atoms with Crippen LogP contribution in [0.4, 0.5) is 5.69 Å². The van der Waals surface area contributed by atoms with Gasteiger partial charge in [-0.05, 0) is 63.9 Å². The molecule has 1 atom stereocenters. The van der Waals surface area contributed by atoms with Crippen molar-refractivity contribution in [2.75, 3.05) is 18.4 Å². The summed E-state index contributed by atoms with van der Waals surface area (Å²) in [6.45, 7) is 5.93. The lowest BCUT2D eigenvalue weighted by Crippen LogP contribution is -2.15. The Labute approximate surface area is 136 Å². The van der Waals surface area contributed by atoms with Gasteiger partial charge >= 0.3 is 0 Å². The predicted molar refractivity (Wildman–Crippen MR) is 90.3 cm³/mol. The highest BCUT2D eigenvalue weighted by Crippen LogP contribution is 2.24. The third kappa shape index (κ3) is 3.99. The van der Waals surface area contributed by atoms with Crippen molar-refractivity contribution in [2.45, 2.75) is 33.1 Å². The molecule has 1 amide bonds. The van der Waals surface area contributed by atoms with E-state index in [1.165, 1.54) is 6.42 Å². The first kappa shape index (κ1) is 15.7. The standard InChI is InChI=1S/C18H23N3O2/c1-12-13(2)23-18(20-12)15-4-3-5-16(10-15)21-17(22)7-6-14-8-9-19-11-14/h3-5,10,14,19H,6-9,11H2,1-2H3,(H,21,22). The minimum atomic E-state index is 0.0637. The van der Waals surface area contributed by atoms with Crippen LogP contribution in [0, 0.1) is 19.8 Å². The molecule has 5 heteroatoms. The molecule has 2 aromatic rings. The second-order valence-electron chi connectivity index (χ2n) is 6.19. The average molecular weight is 313 g/mol. The van der Waals surface area contributed by atoms with Crippen molar-refractivity contribution in [2.24, 2.45) is 5.92 Å². The fraction of sp³-hybridized carbons (Fsp3) is 0.444. The molecule has 1 saturated heterocycles. The van der Waals surface area contributed by atoms with Crippen LogP contribution in [0.15, 0.2) is 28.7 Å². The van der Waals surface area contributed by atoms with Crippen LogP contribution in [-0.4, -0.2) is 24.0 Å². The molecule has 1 aromatic carbocycles. The topological polar surface area (TPSA) is 67.2 Å². The van der Waals surface area contributed by atoms with Gasteiger partial charge in [0.15, 0.2) is 0 Å². The Morgan fingerprint density at radius 1 is 1.43 bits per heavy atom. The smallest absolute Gasteiger partial charge is 0.226 e. The predicted octanol–water partition coefficient (Wildman–Crippen LogP) is 3.29. The fourth-order valence-corrected chi connectivity index (χ4v) is 2.85. The Morgan fingerprint density at radius 3 is 3.00 bits per heavy atom. The normalized spacial score (nSPS) is 17.4. The van der Waals surface area contributed by atoms with Gasteiger partial charge in [0.05, 0.1) is 5.69 Å². The van der Waals surface area contributed by atoms with Crippen LogP contribution in [-0.2, 0) is 4.79 Å². The van der Waals surface area contributed by atoms with Crippen LogP contribution >= 0.6 is 0 Å². The molecule has 3 rings (SSSR count). The molecule has 0 aliphatic carbocycles. The summed E-state index contributed by atoms with van der Waals surface area (Å²) in [5.41, 5.74) is 2.55. The van der Waals surface area contributed by atoms with E-state index in [2.05, 4.69) is 15.6 Å². The third-order valence-electron chi connectivity index (χ3n) is 4.36. The molecule has 1 fully saturated rings. The van der Waals surface area contributed by atoms with Crippen LogP contribution in [0.5, 0.6) is 0 Å². The number of oxazole rings is 1. The molecule has 0 spiro atoms. The zero-order valence-electron chi connectivity index (χ0n) is 13.7. The number of nitrogens with one attached hydrogen (secondary N) is 2. The number of aryl methyl sites for hydroxylation is 2. The van der Waals surface area contributed by atoms with Gasteiger partial charge in [-0.2, -0.15) is 0 Å². The van der Waals surface area contributed by atoms with Crippen molar-refractivity contribution in [3.8, 4) is 11.5 Å². The Balaban J connectivity index is 1.61. The molecule has 5 nitrogen and oxygen atoms in total. The number of hydrogen-bond acceptors (Lipinski definition) is 4. The summed E-state index contributed by atoms with van der Waals surface area (Å²) in [5, 5.41) is 6.30. The molecule has 2 N–H and O–H groups in total. The summed E-state index contributed by atoms with van der Waals surface area (Å²) >= 11 is 0. The van der Waals surface area contributed by atoms with Crippen LogP contribution < -0.4 is 10.6 Å². The Morgan fingerprint density at radius 2 is 2.30 bits per heavy atom. The monoisotopic (exact) mass is 313 g/mol. The first-order chi connectivity index (χ1) is 11.1. The SMILES string of the molecule is Cc1nc(-c2cccc(NC(=O)CCC3CCNC3)c2)oc1C. The zero-order chi connectivity index (χ0) is 16.2. The summed E-state index contributed by atoms with van der Waals surface area (Å²) in [5.74, 6) is 2.10. The number of carbonyl (C=O) groups excluding carboxylic acids is 1. The molecular formula is C18H23N3O2. The number of carbonyl (C=O) groups is 1. The molecule has 0 saturated carbocycles. The lowest BCUT2D eigenvalue weighted by Gasteiger charge is -2.09. The van der Waals surface area contributed by atoms with Gasteiger partial charge < -0.3 is 15.1 Å². The van der Waals surface area contributed by atoms with Crippen molar-refractivity contribution >= 4 is 11.6 Å². The number of aromatic nitrogens is 1. The molecule has 1 unspecified atom stereocenters. The number of anilines is 1. The number of nitrogens with zero attached hydrogens (tertiary/aromatic N) is 1. The highest BCUT2D eigenvalue weighted by molar-refractivity contribution is 5.91. The summed E-state index contributed by atoms with van der Waals surface area (Å²) in [7, 11) is 0. The largest absolute Gasteiger partial charge is 0.441 e. The van der Waals surface area contributed by atoms with E-state index in [9.17, 15) is 4.79 Å². The lowest BCUT2D eigenvalue weighted by molar-refractivity contribution is -0.116. The molecule has 2 heterocycles. The molecule has 1 aliphatic heterocycles. The Hall–Kier alpha value is -2.14. The Kier molecular flexibility index (Phi) is 4.76. The second kappa shape index (κ2) is 6.96. The van der Waals surface area contributed by atoms with Crippen molar-refractivity contribution in [3.63, 3.8) is 0 Å². The van der Waals surface area contributed by atoms with Crippen molar-refractivity contribution in [1.29, 1.82) is 0 Å². The number of rotatable bonds is 5. The highest BCUT2D eigenvalue weighted by Gasteiger charge is 2.16. The third-order valence-corrected chi connectivity index (χ3v) is 4.36. The second-order valence-corrected chi connectivity index (χ2v) is 6.19. The fourth-order valence-electron chi connectivity index (χ4n) is 2.85. The van der Waals surface area contributed by atoms with E-state index in [0.29, 0.717) is 18.2 Å². The Bertz CT molecular complexity index is 668. The highest BCUT2D eigenvalue weighted by atomic mass is 16.4. The van der Waals surface area contributed by atoms with Crippen molar-refractivity contribution in [3.05, 3.63) is 35.7 Å². The molecule has 1 aliphatic rings. The molecule has 0 bridgehead atoms. The van der Waals surface area contributed by atoms with Gasteiger partial charge in [0.2, 0.25) is 11.8 Å². The first-order valence-corrected chi connectivity index (χ1v) is 8.17. The van der Waals surface area contributed by atoms with E-state index >= 15 is 0 Å². The van der Waals surface area contributed by atoms with Crippen LogP contribution in [0.25, 0.3) is 11.5 Å². The summed E-state index contributed by atoms with van der Waals surface area (Å²) in [4.78, 5) is 16.5. The molecule has 1 aromatic heterocycles. The summed E-state index contributed by atoms with van der Waals surface area (Å²) < 4.78 is 5.64. The number of benzene rings is 1. The quantitative estimate of drug-likeness (QED) is 0.889. The van der Waals surface area contributed by atoms with Crippen LogP contribution in [0.1, 0.15) is 30.7 Å². The maximum Gasteiger partial charge on any atom is 0.226 e. The summed E-state index contributed by atoms with van der Waals surface area (Å²) in [6, 6.07) is 7.63.